The van der Waals surface area contributed by atoms with Crippen molar-refractivity contribution < 1.29 is 96.2 Å². The third-order valence-electron chi connectivity index (χ3n) is 16.0. The Bertz CT molecular complexity index is 5950. The zero-order valence-corrected chi connectivity index (χ0v) is 59.9. The summed E-state index contributed by atoms with van der Waals surface area (Å²) in [4.78, 5) is 51.4. The highest BCUT2D eigenvalue weighted by molar-refractivity contribution is 6.11. The van der Waals surface area contributed by atoms with E-state index in [1.54, 1.807) is 73.3 Å². The van der Waals surface area contributed by atoms with Crippen molar-refractivity contribution in [1.29, 1.82) is 0 Å². The molecule has 15 rings (SSSR count). The number of fused-ring (bicyclic) bond motifs is 3. The van der Waals surface area contributed by atoms with Crippen LogP contribution in [0.5, 0.6) is 63.2 Å². The molecule has 0 aliphatic rings. The van der Waals surface area contributed by atoms with Crippen molar-refractivity contribution in [3.8, 4) is 97.0 Å². The Kier molecular flexibility index (Phi) is 23.9. The molecular weight excluding hydrogens is 1540 g/mol. The summed E-state index contributed by atoms with van der Waals surface area (Å²) >= 11 is 0. The number of anilines is 3. The highest BCUT2D eigenvalue weighted by atomic mass is 19.3. The number of aromatic nitrogens is 15. The first-order chi connectivity index (χ1) is 55.8. The molecule has 0 bridgehead atoms. The van der Waals surface area contributed by atoms with Crippen LogP contribution in [0.4, 0.5) is 61.0 Å². The zero-order chi connectivity index (χ0) is 81.6. The highest BCUT2D eigenvalue weighted by Crippen LogP contribution is 2.43. The lowest BCUT2D eigenvalue weighted by Crippen LogP contribution is -2.20. The summed E-state index contributed by atoms with van der Waals surface area (Å²) in [7, 11) is 0. The molecule has 0 aliphatic carbocycles. The van der Waals surface area contributed by atoms with Crippen molar-refractivity contribution in [3.63, 3.8) is 0 Å². The van der Waals surface area contributed by atoms with Crippen molar-refractivity contribution in [1.82, 2.24) is 74.4 Å². The van der Waals surface area contributed by atoms with Crippen LogP contribution in [0.3, 0.4) is 0 Å². The molecule has 40 heteroatoms. The van der Waals surface area contributed by atoms with Gasteiger partial charge in [-0.05, 0) is 127 Å². The van der Waals surface area contributed by atoms with Crippen molar-refractivity contribution in [2.24, 2.45) is 5.73 Å². The van der Waals surface area contributed by atoms with E-state index >= 15 is 0 Å². The Hall–Kier alpha value is -15.1. The van der Waals surface area contributed by atoms with Crippen LogP contribution in [0.2, 0.25) is 0 Å². The first-order valence-corrected chi connectivity index (χ1v) is 34.0. The second-order valence-corrected chi connectivity index (χ2v) is 24.6. The smallest absolute Gasteiger partial charge is 0.387 e. The quantitative estimate of drug-likeness (QED) is 0.0224. The maximum absolute atomic E-state index is 13.2. The summed E-state index contributed by atoms with van der Waals surface area (Å²) in [5.41, 5.74) is 9.69. The third kappa shape index (κ3) is 20.0. The average molecular weight is 1600 g/mol. The number of H-pyrrole nitrogens is 3. The average Bonchev–Trinajstić information content (AvgIpc) is 1.64. The molecule has 0 saturated heterocycles. The number of benzene rings is 6. The highest BCUT2D eigenvalue weighted by Gasteiger charge is 2.28. The van der Waals surface area contributed by atoms with Gasteiger partial charge in [0.25, 0.3) is 29.6 Å². The lowest BCUT2D eigenvalue weighted by molar-refractivity contribution is -0.0501. The summed E-state index contributed by atoms with van der Waals surface area (Å²) < 4.78 is 178. The number of ether oxygens (including phenoxy) is 8. The van der Waals surface area contributed by atoms with Crippen molar-refractivity contribution in [2.75, 3.05) is 29.2 Å². The molecule has 0 radical (unpaired) electrons. The van der Waals surface area contributed by atoms with Crippen LogP contribution in [0.1, 0.15) is 50.5 Å². The first kappa shape index (κ1) is 79.0. The van der Waals surface area contributed by atoms with Gasteiger partial charge >= 0.3 is 19.8 Å². The molecule has 30 nitrogen and oxygen atoms in total. The summed E-state index contributed by atoms with van der Waals surface area (Å²) in [5.74, 6) is -5.97. The molecule has 0 atom stereocenters. The van der Waals surface area contributed by atoms with Gasteiger partial charge in [-0.15, -0.1) is 0 Å². The monoisotopic (exact) mass is 1600 g/mol. The second-order valence-electron chi connectivity index (χ2n) is 24.6. The lowest BCUT2D eigenvalue weighted by Gasteiger charge is -2.15. The SMILES string of the molecule is CC(F)(F)COc1ccc(Oc2ccc(OC(F)F)c(-c3[nH]ncc3NC(=O)c3cnn4cccnc34)c2)cc1.CC(F)(F)COc1cccc(Oc2ccc(OC(F)F)c(-c3[nH]ncc3NC(=O)c3cnn4cccnc34)c2)c1.NCc1cccc(Oc2ccc(OC(F)F)c(-c3[nH]ncc3NC(=O)c3cnn4cccnc34)c2)c1. The number of nitrogens with two attached hydrogens (primary N) is 1. The van der Waals surface area contributed by atoms with Crippen LogP contribution in [-0.2, 0) is 6.54 Å². The summed E-state index contributed by atoms with van der Waals surface area (Å²) in [6.45, 7) is -9.11. The number of hydrogen-bond acceptors (Lipinski definition) is 21. The van der Waals surface area contributed by atoms with Gasteiger partial charge in [-0.25, -0.2) is 46.1 Å². The minimum atomic E-state index is -3.14. The number of carbonyl (C=O) groups excluding carboxylic acids is 3. The van der Waals surface area contributed by atoms with Gasteiger partial charge in [0.1, 0.15) is 79.9 Å². The van der Waals surface area contributed by atoms with Gasteiger partial charge in [0.05, 0.1) is 71.3 Å². The van der Waals surface area contributed by atoms with Gasteiger partial charge in [0, 0.05) is 80.3 Å². The number of hydrogen-bond donors (Lipinski definition) is 7. The maximum atomic E-state index is 13.2. The van der Waals surface area contributed by atoms with E-state index in [1.165, 1.54) is 154 Å². The number of amides is 3. The number of rotatable bonds is 28. The van der Waals surface area contributed by atoms with E-state index in [4.69, 9.17) is 34.2 Å². The van der Waals surface area contributed by atoms with E-state index in [2.05, 4.69) is 86.3 Å². The van der Waals surface area contributed by atoms with Crippen molar-refractivity contribution in [2.45, 2.75) is 52.1 Å². The topological polar surface area (TPSA) is 364 Å². The van der Waals surface area contributed by atoms with E-state index in [0.29, 0.717) is 40.7 Å². The van der Waals surface area contributed by atoms with Gasteiger partial charge < -0.3 is 59.6 Å². The summed E-state index contributed by atoms with van der Waals surface area (Å²) in [6.07, 6.45) is 17.5. The molecule has 0 saturated carbocycles. The lowest BCUT2D eigenvalue weighted by atomic mass is 10.1. The Morgan fingerprint density at radius 3 is 1.11 bits per heavy atom. The van der Waals surface area contributed by atoms with E-state index in [1.807, 2.05) is 6.07 Å². The Morgan fingerprint density at radius 1 is 0.414 bits per heavy atom. The standard InChI is InChI=1S/2C26H20F4N6O4.C24H19F2N7O3/c1-26(29,30)14-38-15-3-5-16(6-4-15)39-17-7-8-21(40-25(27)28)18(11-17)22-20(13-32-35-22)34-24(37)19-12-33-36-10-2-9-31-23(19)36;1-26(29,30)14-38-15-4-2-5-16(10-15)39-17-6-7-21(40-25(27)28)18(11-17)22-20(13-32-35-22)34-24(37)19-12-33-36-9-3-8-31-23(19)36;25-24(26)36-20-6-5-16(35-15-4-1-3-14(9-15)11-27)10-17(20)21-19(13-29-32-21)31-23(34)18-12-30-33-8-2-7-28-22(18)33/h2*2-13,25H,14H2,1H3,(H,32,35)(H,34,37);1-10,12-13,24H,11,27H2,(H,29,32)(H,31,34). The molecule has 0 aliphatic heterocycles. The molecule has 3 amide bonds. The molecule has 0 spiro atoms. The van der Waals surface area contributed by atoms with Crippen LogP contribution in [0, 0.1) is 0 Å². The Morgan fingerprint density at radius 2 is 0.741 bits per heavy atom. The fourth-order valence-corrected chi connectivity index (χ4v) is 11.0. The number of nitrogens with zero attached hydrogens (tertiary/aromatic N) is 12. The number of nitrogens with one attached hydrogen (secondary N) is 6. The Balaban J connectivity index is 0.000000152. The molecular formula is C76H59F10N19O11. The molecule has 6 aromatic carbocycles. The molecule has 15 aromatic rings. The van der Waals surface area contributed by atoms with E-state index in [0.717, 1.165) is 19.4 Å². The molecule has 8 N–H and O–H groups in total. The van der Waals surface area contributed by atoms with E-state index in [9.17, 15) is 58.3 Å². The second kappa shape index (κ2) is 35.1. The van der Waals surface area contributed by atoms with E-state index in [-0.39, 0.29) is 114 Å². The fraction of sp³-hybridized carbons (Fsp3) is 0.132. The number of alkyl halides is 10. The zero-order valence-electron chi connectivity index (χ0n) is 59.9. The molecule has 0 fully saturated rings. The maximum Gasteiger partial charge on any atom is 0.387 e. The predicted octanol–water partition coefficient (Wildman–Crippen LogP) is 15.8. The number of carbonyl (C=O) groups is 3. The van der Waals surface area contributed by atoms with Crippen LogP contribution in [-0.4, -0.2) is 137 Å². The molecule has 9 aromatic heterocycles. The third-order valence-corrected chi connectivity index (χ3v) is 16.0. The van der Waals surface area contributed by atoms with Crippen LogP contribution < -0.4 is 59.6 Å². The van der Waals surface area contributed by atoms with Gasteiger partial charge in [0.2, 0.25) is 0 Å². The molecule has 9 heterocycles. The largest absolute Gasteiger partial charge is 0.487 e. The Labute approximate surface area is 646 Å². The number of aromatic amines is 3. The first-order valence-electron chi connectivity index (χ1n) is 34.0. The van der Waals surface area contributed by atoms with Crippen LogP contribution in [0.25, 0.3) is 50.7 Å². The van der Waals surface area contributed by atoms with Crippen LogP contribution in [0.15, 0.2) is 220 Å². The summed E-state index contributed by atoms with van der Waals surface area (Å²) in [5, 5.41) is 40.3. The van der Waals surface area contributed by atoms with E-state index < -0.39 is 62.6 Å². The predicted molar refractivity (Wildman–Crippen MR) is 394 cm³/mol. The number of halogens is 10. The summed E-state index contributed by atoms with van der Waals surface area (Å²) in [6, 6.07) is 36.6. The minimum Gasteiger partial charge on any atom is -0.487 e. The molecule has 116 heavy (non-hydrogen) atoms. The van der Waals surface area contributed by atoms with Crippen molar-refractivity contribution in [3.05, 3.63) is 242 Å². The van der Waals surface area contributed by atoms with Gasteiger partial charge in [-0.2, -0.15) is 56.9 Å². The fourth-order valence-electron chi connectivity index (χ4n) is 11.0. The van der Waals surface area contributed by atoms with Crippen LogP contribution >= 0.6 is 0 Å². The van der Waals surface area contributed by atoms with Crippen molar-refractivity contribution >= 4 is 51.7 Å². The van der Waals surface area contributed by atoms with Gasteiger partial charge in [-0.3, -0.25) is 29.7 Å². The molecule has 594 valence electrons. The normalized spacial score (nSPS) is 11.4. The molecule has 0 unspecified atom stereocenters. The van der Waals surface area contributed by atoms with Gasteiger partial charge in [0.15, 0.2) is 30.2 Å². The minimum absolute atomic E-state index is 0.0987. The van der Waals surface area contributed by atoms with Gasteiger partial charge in [-0.1, -0.05) is 18.2 Å².